The molecule has 20 heavy (non-hydrogen) atoms. The molecule has 0 aromatic heterocycles. The number of para-hydroxylation sites is 1. The molecule has 1 aliphatic heterocycles. The number of nitrogens with zero attached hydrogens (tertiary/aromatic N) is 3. The van der Waals surface area contributed by atoms with Gasteiger partial charge in [0, 0.05) is 6.54 Å². The van der Waals surface area contributed by atoms with Gasteiger partial charge in [0.25, 0.3) is 10.0 Å². The van der Waals surface area contributed by atoms with Crippen LogP contribution < -0.4 is 4.90 Å². The van der Waals surface area contributed by atoms with Crippen LogP contribution in [0.4, 0.5) is 18.9 Å². The van der Waals surface area contributed by atoms with E-state index in [2.05, 4.69) is 4.40 Å². The van der Waals surface area contributed by atoms with Gasteiger partial charge in [0.2, 0.25) is 0 Å². The molecule has 0 saturated carbocycles. The first-order valence-electron chi connectivity index (χ1n) is 5.38. The fourth-order valence-electron chi connectivity index (χ4n) is 1.71. The molecule has 1 aromatic rings. The van der Waals surface area contributed by atoms with E-state index in [0.29, 0.717) is 0 Å². The van der Waals surface area contributed by atoms with Gasteiger partial charge in [-0.05, 0) is 12.1 Å². The van der Waals surface area contributed by atoms with Crippen LogP contribution in [0.5, 0.6) is 0 Å². The van der Waals surface area contributed by atoms with Crippen molar-refractivity contribution in [1.29, 1.82) is 5.26 Å². The van der Waals surface area contributed by atoms with Crippen LogP contribution in [-0.2, 0) is 10.0 Å². The second kappa shape index (κ2) is 4.79. The molecule has 9 heteroatoms. The van der Waals surface area contributed by atoms with E-state index in [1.165, 1.54) is 24.3 Å². The van der Waals surface area contributed by atoms with E-state index < -0.39 is 28.7 Å². The number of rotatable bonds is 2. The monoisotopic (exact) mass is 303 g/mol. The molecule has 0 saturated heterocycles. The predicted octanol–water partition coefficient (Wildman–Crippen LogP) is 1.93. The van der Waals surface area contributed by atoms with E-state index in [1.807, 2.05) is 0 Å². The Morgan fingerprint density at radius 2 is 2.00 bits per heavy atom. The summed E-state index contributed by atoms with van der Waals surface area (Å²) in [5.74, 6) is -2.23. The molecule has 0 fully saturated rings. The summed E-state index contributed by atoms with van der Waals surface area (Å²) in [4.78, 5) is 0.832. The summed E-state index contributed by atoms with van der Waals surface area (Å²) in [6.07, 6.45) is -3.89. The number of hydrogen-bond donors (Lipinski definition) is 0. The number of hydrogen-bond acceptors (Lipinski definition) is 4. The standard InChI is InChI=1S/C11H8F3N3O2S/c12-11(13,14)8(5-15)6-17-7-16-20(18,19)10-4-2-1-3-9(10)17/h1-4,7-8H,6H2. The first-order valence-corrected chi connectivity index (χ1v) is 6.82. The molecular weight excluding hydrogens is 295 g/mol. The van der Waals surface area contributed by atoms with Gasteiger partial charge in [0.15, 0.2) is 5.92 Å². The van der Waals surface area contributed by atoms with Crippen LogP contribution in [0.15, 0.2) is 33.6 Å². The number of fused-ring (bicyclic) bond motifs is 1. The maximum absolute atomic E-state index is 12.6. The van der Waals surface area contributed by atoms with Crippen molar-refractivity contribution in [1.82, 2.24) is 0 Å². The Hall–Kier alpha value is -2.08. The summed E-state index contributed by atoms with van der Waals surface area (Å²) in [6, 6.07) is 6.72. The van der Waals surface area contributed by atoms with Gasteiger partial charge in [0.05, 0.1) is 11.8 Å². The third-order valence-electron chi connectivity index (χ3n) is 2.71. The number of benzene rings is 1. The summed E-state index contributed by atoms with van der Waals surface area (Å²) >= 11 is 0. The molecule has 2 rings (SSSR count). The van der Waals surface area contributed by atoms with E-state index in [0.717, 1.165) is 17.3 Å². The molecule has 1 aromatic carbocycles. The van der Waals surface area contributed by atoms with Crippen molar-refractivity contribution in [3.05, 3.63) is 24.3 Å². The quantitative estimate of drug-likeness (QED) is 0.836. The largest absolute Gasteiger partial charge is 0.406 e. The Kier molecular flexibility index (Phi) is 3.43. The van der Waals surface area contributed by atoms with Gasteiger partial charge in [-0.25, -0.2) is 0 Å². The minimum atomic E-state index is -4.69. The maximum atomic E-state index is 12.6. The van der Waals surface area contributed by atoms with E-state index in [1.54, 1.807) is 0 Å². The van der Waals surface area contributed by atoms with Crippen LogP contribution in [0.25, 0.3) is 0 Å². The molecule has 1 heterocycles. The SMILES string of the molecule is N#CC(CN1C=NS(=O)(=O)c2ccccc21)C(F)(F)F. The molecule has 1 aliphatic rings. The maximum Gasteiger partial charge on any atom is 0.406 e. The Labute approximate surface area is 113 Å². The first-order chi connectivity index (χ1) is 9.25. The molecule has 0 amide bonds. The average molecular weight is 303 g/mol. The molecule has 5 nitrogen and oxygen atoms in total. The first kappa shape index (κ1) is 14.3. The second-order valence-corrected chi connectivity index (χ2v) is 5.64. The van der Waals surface area contributed by atoms with Crippen molar-refractivity contribution < 1.29 is 21.6 Å². The van der Waals surface area contributed by atoms with Crippen molar-refractivity contribution in [3.8, 4) is 6.07 Å². The molecule has 1 unspecified atom stereocenters. The van der Waals surface area contributed by atoms with Crippen LogP contribution in [0.2, 0.25) is 0 Å². The van der Waals surface area contributed by atoms with Crippen molar-refractivity contribution in [2.45, 2.75) is 11.1 Å². The fourth-order valence-corrected chi connectivity index (χ4v) is 2.76. The summed E-state index contributed by atoms with van der Waals surface area (Å²) in [6.45, 7) is -0.712. The zero-order valence-corrected chi connectivity index (χ0v) is 10.7. The van der Waals surface area contributed by atoms with Crippen LogP contribution in [0.3, 0.4) is 0 Å². The van der Waals surface area contributed by atoms with Crippen LogP contribution in [0, 0.1) is 17.2 Å². The highest BCUT2D eigenvalue weighted by atomic mass is 32.2. The van der Waals surface area contributed by atoms with Crippen molar-refractivity contribution in [2.24, 2.45) is 10.3 Å². The van der Waals surface area contributed by atoms with E-state index in [4.69, 9.17) is 5.26 Å². The van der Waals surface area contributed by atoms with E-state index in [-0.39, 0.29) is 10.6 Å². The predicted molar refractivity (Wildman–Crippen MR) is 64.6 cm³/mol. The third kappa shape index (κ3) is 2.60. The summed E-state index contributed by atoms with van der Waals surface area (Å²) in [5, 5.41) is 8.58. The normalized spacial score (nSPS) is 18.2. The molecule has 0 N–H and O–H groups in total. The minimum Gasteiger partial charge on any atom is -0.329 e. The molecule has 0 aliphatic carbocycles. The van der Waals surface area contributed by atoms with Crippen LogP contribution in [0.1, 0.15) is 0 Å². The smallest absolute Gasteiger partial charge is 0.329 e. The highest BCUT2D eigenvalue weighted by Gasteiger charge is 2.41. The molecule has 0 bridgehead atoms. The van der Waals surface area contributed by atoms with Gasteiger partial charge >= 0.3 is 6.18 Å². The average Bonchev–Trinajstić information content (AvgIpc) is 2.37. The fraction of sp³-hybridized carbons (Fsp3) is 0.273. The van der Waals surface area contributed by atoms with Gasteiger partial charge in [-0.1, -0.05) is 12.1 Å². The Morgan fingerprint density at radius 1 is 1.35 bits per heavy atom. The van der Waals surface area contributed by atoms with Gasteiger partial charge in [-0.15, -0.1) is 4.40 Å². The van der Waals surface area contributed by atoms with Gasteiger partial charge in [-0.2, -0.15) is 26.9 Å². The molecule has 1 atom stereocenters. The lowest BCUT2D eigenvalue weighted by molar-refractivity contribution is -0.155. The van der Waals surface area contributed by atoms with E-state index in [9.17, 15) is 21.6 Å². The number of alkyl halides is 3. The number of nitriles is 1. The zero-order chi connectivity index (χ0) is 15.0. The topological polar surface area (TPSA) is 73.5 Å². The van der Waals surface area contributed by atoms with Crippen molar-refractivity contribution in [3.63, 3.8) is 0 Å². The van der Waals surface area contributed by atoms with Gasteiger partial charge in [-0.3, -0.25) is 0 Å². The lowest BCUT2D eigenvalue weighted by atomic mass is 10.1. The second-order valence-electron chi connectivity index (χ2n) is 4.04. The summed E-state index contributed by atoms with van der Waals surface area (Å²) in [5.41, 5.74) is 0.0759. The van der Waals surface area contributed by atoms with E-state index >= 15 is 0 Å². The van der Waals surface area contributed by atoms with Gasteiger partial charge < -0.3 is 4.90 Å². The lowest BCUT2D eigenvalue weighted by Crippen LogP contribution is -2.37. The molecule has 0 radical (unpaired) electrons. The molecule has 0 spiro atoms. The number of halogens is 3. The zero-order valence-electron chi connectivity index (χ0n) is 9.87. The van der Waals surface area contributed by atoms with Crippen LogP contribution in [-0.4, -0.2) is 27.5 Å². The summed E-state index contributed by atoms with van der Waals surface area (Å²) in [7, 11) is -3.89. The number of anilines is 1. The highest BCUT2D eigenvalue weighted by Crippen LogP contribution is 2.32. The van der Waals surface area contributed by atoms with Crippen molar-refractivity contribution >= 4 is 22.0 Å². The minimum absolute atomic E-state index is 0.0759. The highest BCUT2D eigenvalue weighted by molar-refractivity contribution is 7.90. The molecular formula is C11H8F3N3O2S. The third-order valence-corrected chi connectivity index (χ3v) is 3.98. The van der Waals surface area contributed by atoms with Crippen molar-refractivity contribution in [2.75, 3.05) is 11.4 Å². The Balaban J connectivity index is 2.39. The summed E-state index contributed by atoms with van der Waals surface area (Å²) < 4.78 is 64.3. The Bertz CT molecular complexity index is 692. The molecule has 106 valence electrons. The lowest BCUT2D eigenvalue weighted by Gasteiger charge is -2.27. The van der Waals surface area contributed by atoms with Gasteiger partial charge in [0.1, 0.15) is 11.2 Å². The number of sulfonamides is 1. The van der Waals surface area contributed by atoms with Crippen LogP contribution >= 0.6 is 0 Å². The Morgan fingerprint density at radius 3 is 2.60 bits per heavy atom.